The topological polar surface area (TPSA) is 81.0 Å². The van der Waals surface area contributed by atoms with Crippen molar-refractivity contribution in [2.75, 3.05) is 0 Å². The van der Waals surface area contributed by atoms with E-state index in [1.165, 1.54) is 6.33 Å². The molecule has 0 spiro atoms. The molecule has 0 aliphatic heterocycles. The number of H-pyrrole nitrogens is 1. The van der Waals surface area contributed by atoms with E-state index in [-0.39, 0.29) is 11.4 Å². The van der Waals surface area contributed by atoms with Crippen LogP contribution in [0.3, 0.4) is 0 Å². The molecule has 2 rings (SSSR count). The monoisotopic (exact) mass is 343 g/mol. The molecular formula is C11H10IN3O2. The maximum atomic E-state index is 11.4. The second-order valence-electron chi connectivity index (χ2n) is 3.26. The molecule has 1 heterocycles. The zero-order chi connectivity index (χ0) is 12.3. The van der Waals surface area contributed by atoms with Gasteiger partial charge in [0.1, 0.15) is 9.32 Å². The summed E-state index contributed by atoms with van der Waals surface area (Å²) in [6, 6.07) is 7.39. The minimum absolute atomic E-state index is 0.221. The van der Waals surface area contributed by atoms with E-state index in [4.69, 9.17) is 10.5 Å². The lowest BCUT2D eigenvalue weighted by molar-refractivity contribution is 0.451. The number of nitrogens with zero attached hydrogens (tertiary/aromatic N) is 1. The Kier molecular flexibility index (Phi) is 3.75. The first-order chi connectivity index (χ1) is 8.22. The van der Waals surface area contributed by atoms with Gasteiger partial charge in [0, 0.05) is 12.1 Å². The number of hydrogen-bond acceptors (Lipinski definition) is 4. The fourth-order valence-corrected chi connectivity index (χ4v) is 1.72. The molecule has 0 aliphatic carbocycles. The zero-order valence-corrected chi connectivity index (χ0v) is 11.0. The summed E-state index contributed by atoms with van der Waals surface area (Å²) in [5.41, 5.74) is 6.25. The van der Waals surface area contributed by atoms with E-state index >= 15 is 0 Å². The minimum atomic E-state index is -0.221. The summed E-state index contributed by atoms with van der Waals surface area (Å²) in [6.45, 7) is 0.371. The van der Waals surface area contributed by atoms with Gasteiger partial charge in [0.25, 0.3) is 5.56 Å². The number of benzene rings is 1. The SMILES string of the molecule is NCc1ccccc1Oc1nc[nH]c(=O)c1I. The van der Waals surface area contributed by atoms with Gasteiger partial charge >= 0.3 is 0 Å². The van der Waals surface area contributed by atoms with Crippen LogP contribution >= 0.6 is 22.6 Å². The number of aromatic amines is 1. The fraction of sp³-hybridized carbons (Fsp3) is 0.0909. The Morgan fingerprint density at radius 2 is 2.18 bits per heavy atom. The Hall–Kier alpha value is -1.41. The van der Waals surface area contributed by atoms with Crippen LogP contribution in [0.1, 0.15) is 5.56 Å². The highest BCUT2D eigenvalue weighted by Gasteiger charge is 2.09. The lowest BCUT2D eigenvalue weighted by Gasteiger charge is -2.09. The van der Waals surface area contributed by atoms with E-state index in [2.05, 4.69) is 9.97 Å². The summed E-state index contributed by atoms with van der Waals surface area (Å²) in [7, 11) is 0. The molecule has 1 aromatic heterocycles. The molecule has 5 nitrogen and oxygen atoms in total. The average Bonchev–Trinajstić information content (AvgIpc) is 2.35. The van der Waals surface area contributed by atoms with Gasteiger partial charge in [0.05, 0.1) is 6.33 Å². The molecule has 3 N–H and O–H groups in total. The number of ether oxygens (including phenoxy) is 1. The van der Waals surface area contributed by atoms with Gasteiger partial charge < -0.3 is 15.5 Å². The van der Waals surface area contributed by atoms with Crippen LogP contribution in [0, 0.1) is 3.57 Å². The second-order valence-corrected chi connectivity index (χ2v) is 4.34. The highest BCUT2D eigenvalue weighted by Crippen LogP contribution is 2.24. The van der Waals surface area contributed by atoms with E-state index < -0.39 is 0 Å². The summed E-state index contributed by atoms with van der Waals surface area (Å²) >= 11 is 1.89. The van der Waals surface area contributed by atoms with Gasteiger partial charge in [-0.3, -0.25) is 4.79 Å². The van der Waals surface area contributed by atoms with E-state index in [9.17, 15) is 4.79 Å². The van der Waals surface area contributed by atoms with Gasteiger partial charge in [-0.1, -0.05) is 18.2 Å². The number of para-hydroxylation sites is 1. The molecular weight excluding hydrogens is 333 g/mol. The number of hydrogen-bond donors (Lipinski definition) is 2. The van der Waals surface area contributed by atoms with Crippen molar-refractivity contribution < 1.29 is 4.74 Å². The molecule has 0 aliphatic rings. The van der Waals surface area contributed by atoms with Gasteiger partial charge in [-0.25, -0.2) is 4.98 Å². The van der Waals surface area contributed by atoms with Crippen molar-refractivity contribution in [1.82, 2.24) is 9.97 Å². The van der Waals surface area contributed by atoms with Gasteiger partial charge in [-0.2, -0.15) is 0 Å². The van der Waals surface area contributed by atoms with Crippen molar-refractivity contribution in [3.8, 4) is 11.6 Å². The number of nitrogens with one attached hydrogen (secondary N) is 1. The third-order valence-electron chi connectivity index (χ3n) is 2.16. The van der Waals surface area contributed by atoms with Crippen LogP contribution < -0.4 is 16.0 Å². The summed E-state index contributed by atoms with van der Waals surface area (Å²) in [5.74, 6) is 0.904. The van der Waals surface area contributed by atoms with E-state index in [0.29, 0.717) is 15.9 Å². The normalized spacial score (nSPS) is 10.2. The van der Waals surface area contributed by atoms with Crippen LogP contribution in [-0.2, 0) is 6.54 Å². The minimum Gasteiger partial charge on any atom is -0.437 e. The molecule has 0 bridgehead atoms. The summed E-state index contributed by atoms with van der Waals surface area (Å²) < 4.78 is 6.01. The predicted octanol–water partition coefficient (Wildman–Crippen LogP) is 1.63. The van der Waals surface area contributed by atoms with E-state index in [0.717, 1.165) is 5.56 Å². The molecule has 0 radical (unpaired) electrons. The van der Waals surface area contributed by atoms with Crippen molar-refractivity contribution in [3.05, 3.63) is 50.1 Å². The van der Waals surface area contributed by atoms with Crippen molar-refractivity contribution in [3.63, 3.8) is 0 Å². The molecule has 0 atom stereocenters. The van der Waals surface area contributed by atoms with Crippen molar-refractivity contribution >= 4 is 22.6 Å². The van der Waals surface area contributed by atoms with Crippen molar-refractivity contribution in [2.24, 2.45) is 5.73 Å². The number of aromatic nitrogens is 2. The first-order valence-corrected chi connectivity index (χ1v) is 5.99. The largest absolute Gasteiger partial charge is 0.437 e. The number of nitrogens with two attached hydrogens (primary N) is 1. The average molecular weight is 343 g/mol. The highest BCUT2D eigenvalue weighted by molar-refractivity contribution is 14.1. The van der Waals surface area contributed by atoms with Crippen LogP contribution in [0.5, 0.6) is 11.6 Å². The Morgan fingerprint density at radius 1 is 1.41 bits per heavy atom. The fourth-order valence-electron chi connectivity index (χ4n) is 1.31. The highest BCUT2D eigenvalue weighted by atomic mass is 127. The lowest BCUT2D eigenvalue weighted by atomic mass is 10.2. The molecule has 0 amide bonds. The first-order valence-electron chi connectivity index (χ1n) is 4.91. The van der Waals surface area contributed by atoms with E-state index in [1.54, 1.807) is 6.07 Å². The van der Waals surface area contributed by atoms with Gasteiger partial charge in [0.15, 0.2) is 0 Å². The maximum Gasteiger partial charge on any atom is 0.268 e. The molecule has 1 aromatic carbocycles. The van der Waals surface area contributed by atoms with Crippen LogP contribution in [0.4, 0.5) is 0 Å². The molecule has 2 aromatic rings. The Labute approximate surface area is 111 Å². The first kappa shape index (κ1) is 12.1. The molecule has 17 heavy (non-hydrogen) atoms. The quantitative estimate of drug-likeness (QED) is 0.830. The Morgan fingerprint density at radius 3 is 2.94 bits per heavy atom. The third-order valence-corrected chi connectivity index (χ3v) is 3.12. The number of halogens is 1. The lowest BCUT2D eigenvalue weighted by Crippen LogP contribution is -2.11. The van der Waals surface area contributed by atoms with Crippen molar-refractivity contribution in [2.45, 2.75) is 6.54 Å². The number of rotatable bonds is 3. The summed E-state index contributed by atoms with van der Waals surface area (Å²) in [6.07, 6.45) is 1.31. The summed E-state index contributed by atoms with van der Waals surface area (Å²) in [4.78, 5) is 17.8. The molecule has 0 saturated carbocycles. The smallest absolute Gasteiger partial charge is 0.268 e. The molecule has 0 fully saturated rings. The maximum absolute atomic E-state index is 11.4. The van der Waals surface area contributed by atoms with Gasteiger partial charge in [0.2, 0.25) is 5.88 Å². The Bertz CT molecular complexity index is 583. The van der Waals surface area contributed by atoms with Crippen LogP contribution in [0.15, 0.2) is 35.4 Å². The van der Waals surface area contributed by atoms with Gasteiger partial charge in [-0.05, 0) is 28.7 Å². The van der Waals surface area contributed by atoms with E-state index in [1.807, 2.05) is 40.8 Å². The Balaban J connectivity index is 2.38. The second kappa shape index (κ2) is 5.28. The molecule has 0 unspecified atom stereocenters. The molecule has 88 valence electrons. The third kappa shape index (κ3) is 2.64. The van der Waals surface area contributed by atoms with Crippen LogP contribution in [0.25, 0.3) is 0 Å². The van der Waals surface area contributed by atoms with Gasteiger partial charge in [-0.15, -0.1) is 0 Å². The summed E-state index contributed by atoms with van der Waals surface area (Å²) in [5, 5.41) is 0. The standard InChI is InChI=1S/C11H10IN3O2/c12-9-10(16)14-6-15-11(9)17-8-4-2-1-3-7(8)5-13/h1-4,6H,5,13H2,(H,14,15,16). The van der Waals surface area contributed by atoms with Crippen LogP contribution in [0.2, 0.25) is 0 Å². The zero-order valence-electron chi connectivity index (χ0n) is 8.81. The molecule has 0 saturated heterocycles. The van der Waals surface area contributed by atoms with Crippen molar-refractivity contribution in [1.29, 1.82) is 0 Å². The molecule has 6 heteroatoms. The predicted molar refractivity (Wildman–Crippen MR) is 72.0 cm³/mol. The van der Waals surface area contributed by atoms with Crippen LogP contribution in [-0.4, -0.2) is 9.97 Å².